The molecule has 0 fully saturated rings. The van der Waals surface area contributed by atoms with Crippen LogP contribution in [0.1, 0.15) is 17.2 Å². The van der Waals surface area contributed by atoms with Crippen molar-refractivity contribution >= 4 is 28.3 Å². The molecule has 1 amide bonds. The first kappa shape index (κ1) is 23.1. The topological polar surface area (TPSA) is 123 Å². The Hall–Kier alpha value is -4.69. The summed E-state index contributed by atoms with van der Waals surface area (Å²) in [6.45, 7) is 0.210. The third-order valence-electron chi connectivity index (χ3n) is 5.87. The van der Waals surface area contributed by atoms with Crippen molar-refractivity contribution in [1.29, 1.82) is 0 Å². The Morgan fingerprint density at radius 1 is 0.917 bits per heavy atom. The molecule has 0 radical (unpaired) electrons. The second kappa shape index (κ2) is 10.3. The molecule has 0 unspecified atom stereocenters. The Labute approximate surface area is 207 Å². The van der Waals surface area contributed by atoms with Gasteiger partial charge in [-0.2, -0.15) is 0 Å². The summed E-state index contributed by atoms with van der Waals surface area (Å²) in [4.78, 5) is 36.0. The number of aliphatic hydroxyl groups excluding tert-OH is 1. The van der Waals surface area contributed by atoms with Gasteiger partial charge in [-0.25, -0.2) is 4.98 Å². The van der Waals surface area contributed by atoms with Crippen LogP contribution in [0.5, 0.6) is 0 Å². The van der Waals surface area contributed by atoms with Crippen LogP contribution in [0.4, 0.5) is 11.4 Å². The molecule has 0 bridgehead atoms. The third kappa shape index (κ3) is 5.03. The third-order valence-corrected chi connectivity index (χ3v) is 5.87. The SMILES string of the molecule is O=C(Cc1ccccc1)Nc1cccc2nc(-c3c(NC[C@H](O)c4ccccc4)cc[nH]c3=O)[nH]c12. The van der Waals surface area contributed by atoms with Gasteiger partial charge in [-0.3, -0.25) is 9.59 Å². The minimum absolute atomic E-state index is 0.153. The molecule has 5 rings (SSSR count). The second-order valence-electron chi connectivity index (χ2n) is 8.40. The van der Waals surface area contributed by atoms with E-state index in [1.165, 1.54) is 0 Å². The van der Waals surface area contributed by atoms with Crippen LogP contribution >= 0.6 is 0 Å². The van der Waals surface area contributed by atoms with E-state index in [9.17, 15) is 14.7 Å². The summed E-state index contributed by atoms with van der Waals surface area (Å²) in [7, 11) is 0. The van der Waals surface area contributed by atoms with E-state index in [2.05, 4.69) is 25.6 Å². The van der Waals surface area contributed by atoms with Crippen LogP contribution in [0.25, 0.3) is 22.4 Å². The molecule has 0 aliphatic carbocycles. The molecule has 0 saturated heterocycles. The number of para-hydroxylation sites is 1. The first-order valence-corrected chi connectivity index (χ1v) is 11.6. The second-order valence-corrected chi connectivity index (χ2v) is 8.40. The molecule has 0 spiro atoms. The first-order chi connectivity index (χ1) is 17.6. The number of benzene rings is 3. The van der Waals surface area contributed by atoms with E-state index in [1.807, 2.05) is 66.7 Å². The molecule has 0 saturated carbocycles. The van der Waals surface area contributed by atoms with Crippen LogP contribution in [0, 0.1) is 0 Å². The lowest BCUT2D eigenvalue weighted by molar-refractivity contribution is -0.115. The average molecular weight is 480 g/mol. The summed E-state index contributed by atoms with van der Waals surface area (Å²) in [5.74, 6) is 0.202. The lowest BCUT2D eigenvalue weighted by atomic mass is 10.1. The van der Waals surface area contributed by atoms with Crippen molar-refractivity contribution in [2.24, 2.45) is 0 Å². The van der Waals surface area contributed by atoms with Crippen LogP contribution in [0.2, 0.25) is 0 Å². The molecular weight excluding hydrogens is 454 g/mol. The monoisotopic (exact) mass is 479 g/mol. The van der Waals surface area contributed by atoms with E-state index >= 15 is 0 Å². The molecular formula is C28H25N5O3. The van der Waals surface area contributed by atoms with Gasteiger partial charge in [0.25, 0.3) is 5.56 Å². The molecule has 8 heteroatoms. The van der Waals surface area contributed by atoms with Crippen LogP contribution in [-0.2, 0) is 11.2 Å². The van der Waals surface area contributed by atoms with Crippen molar-refractivity contribution in [3.05, 3.63) is 113 Å². The molecule has 0 aliphatic heterocycles. The quantitative estimate of drug-likeness (QED) is 0.228. The molecule has 0 aliphatic rings. The zero-order chi connectivity index (χ0) is 24.9. The average Bonchev–Trinajstić information content (AvgIpc) is 3.33. The number of aliphatic hydroxyl groups is 1. The Bertz CT molecular complexity index is 1540. The first-order valence-electron chi connectivity index (χ1n) is 11.6. The number of pyridine rings is 1. The van der Waals surface area contributed by atoms with Crippen molar-refractivity contribution in [2.75, 3.05) is 17.2 Å². The standard InChI is InChI=1S/C28H25N5O3/c34-23(19-10-5-2-6-11-19)17-30-20-14-15-29-28(36)25(20)27-32-22-13-7-12-21(26(22)33-27)31-24(35)16-18-8-3-1-4-9-18/h1-15,23,34H,16-17H2,(H,31,35)(H,32,33)(H2,29,30,36)/t23-/m0/s1. The zero-order valence-corrected chi connectivity index (χ0v) is 19.4. The minimum Gasteiger partial charge on any atom is -0.387 e. The number of aromatic amines is 2. The number of aromatic nitrogens is 3. The fourth-order valence-electron chi connectivity index (χ4n) is 4.09. The number of imidazole rings is 1. The van der Waals surface area contributed by atoms with Gasteiger partial charge in [-0.1, -0.05) is 66.7 Å². The van der Waals surface area contributed by atoms with Gasteiger partial charge < -0.3 is 25.7 Å². The van der Waals surface area contributed by atoms with E-state index < -0.39 is 6.10 Å². The molecule has 2 heterocycles. The summed E-state index contributed by atoms with van der Waals surface area (Å²) in [5, 5.41) is 16.7. The van der Waals surface area contributed by atoms with Crippen molar-refractivity contribution in [1.82, 2.24) is 15.0 Å². The summed E-state index contributed by atoms with van der Waals surface area (Å²) >= 11 is 0. The molecule has 36 heavy (non-hydrogen) atoms. The molecule has 2 aromatic heterocycles. The number of H-pyrrole nitrogens is 2. The number of fused-ring (bicyclic) bond motifs is 1. The van der Waals surface area contributed by atoms with Gasteiger partial charge in [-0.15, -0.1) is 0 Å². The van der Waals surface area contributed by atoms with Gasteiger partial charge >= 0.3 is 0 Å². The molecule has 180 valence electrons. The zero-order valence-electron chi connectivity index (χ0n) is 19.4. The Morgan fingerprint density at radius 2 is 1.67 bits per heavy atom. The molecule has 1 atom stereocenters. The Balaban J connectivity index is 1.41. The predicted octanol–water partition coefficient (Wildman–Crippen LogP) is 4.24. The smallest absolute Gasteiger partial charge is 0.261 e. The van der Waals surface area contributed by atoms with Crippen LogP contribution < -0.4 is 16.2 Å². The van der Waals surface area contributed by atoms with Gasteiger partial charge in [0.05, 0.1) is 34.9 Å². The van der Waals surface area contributed by atoms with Crippen LogP contribution in [0.15, 0.2) is 95.9 Å². The van der Waals surface area contributed by atoms with E-state index in [0.717, 1.165) is 11.1 Å². The normalized spacial score (nSPS) is 11.8. The number of hydrogen-bond donors (Lipinski definition) is 5. The van der Waals surface area contributed by atoms with Crippen LogP contribution in [-0.4, -0.2) is 32.5 Å². The number of nitrogens with one attached hydrogen (secondary N) is 4. The molecule has 5 N–H and O–H groups in total. The van der Waals surface area contributed by atoms with Gasteiger partial charge in [0, 0.05) is 12.7 Å². The van der Waals surface area contributed by atoms with Gasteiger partial charge in [0.2, 0.25) is 5.91 Å². The Kier molecular flexibility index (Phi) is 6.59. The predicted molar refractivity (Wildman–Crippen MR) is 141 cm³/mol. The summed E-state index contributed by atoms with van der Waals surface area (Å²) in [6.07, 6.45) is 1.04. The maximum absolute atomic E-state index is 12.8. The van der Waals surface area contributed by atoms with E-state index in [-0.39, 0.29) is 24.4 Å². The van der Waals surface area contributed by atoms with Gasteiger partial charge in [0.1, 0.15) is 11.4 Å². The highest BCUT2D eigenvalue weighted by molar-refractivity contribution is 6.01. The highest BCUT2D eigenvalue weighted by Crippen LogP contribution is 2.28. The summed E-state index contributed by atoms with van der Waals surface area (Å²) in [6, 6.07) is 25.9. The number of amides is 1. The maximum Gasteiger partial charge on any atom is 0.261 e. The van der Waals surface area contributed by atoms with E-state index in [4.69, 9.17) is 0 Å². The number of carbonyl (C=O) groups excluding carboxylic acids is 1. The lowest BCUT2D eigenvalue weighted by Gasteiger charge is -2.14. The Morgan fingerprint density at radius 3 is 2.44 bits per heavy atom. The van der Waals surface area contributed by atoms with Crippen molar-refractivity contribution < 1.29 is 9.90 Å². The molecule has 3 aromatic carbocycles. The van der Waals surface area contributed by atoms with Gasteiger partial charge in [0.15, 0.2) is 0 Å². The number of nitrogens with zero attached hydrogens (tertiary/aromatic N) is 1. The van der Waals surface area contributed by atoms with Crippen molar-refractivity contribution in [3.8, 4) is 11.4 Å². The summed E-state index contributed by atoms with van der Waals surface area (Å²) < 4.78 is 0. The number of hydrogen-bond acceptors (Lipinski definition) is 5. The number of rotatable bonds is 8. The van der Waals surface area contributed by atoms with Crippen molar-refractivity contribution in [2.45, 2.75) is 12.5 Å². The van der Waals surface area contributed by atoms with Crippen molar-refractivity contribution in [3.63, 3.8) is 0 Å². The fraction of sp³-hybridized carbons (Fsp3) is 0.107. The maximum atomic E-state index is 12.8. The minimum atomic E-state index is -0.750. The highest BCUT2D eigenvalue weighted by Gasteiger charge is 2.17. The largest absolute Gasteiger partial charge is 0.387 e. The van der Waals surface area contributed by atoms with Crippen LogP contribution in [0.3, 0.4) is 0 Å². The molecule has 8 nitrogen and oxygen atoms in total. The highest BCUT2D eigenvalue weighted by atomic mass is 16.3. The number of carbonyl (C=O) groups is 1. The van der Waals surface area contributed by atoms with E-state index in [1.54, 1.807) is 24.4 Å². The summed E-state index contributed by atoms with van der Waals surface area (Å²) in [5.41, 5.74) is 4.01. The fourth-order valence-corrected chi connectivity index (χ4v) is 4.09. The number of anilines is 2. The molecule has 5 aromatic rings. The van der Waals surface area contributed by atoms with Gasteiger partial charge in [-0.05, 0) is 29.3 Å². The lowest BCUT2D eigenvalue weighted by Crippen LogP contribution is -2.17. The van der Waals surface area contributed by atoms with E-state index in [0.29, 0.717) is 33.8 Å².